The lowest BCUT2D eigenvalue weighted by Crippen LogP contribution is -2.55. The van der Waals surface area contributed by atoms with Gasteiger partial charge in [0.05, 0.1) is 5.02 Å². The first kappa shape index (κ1) is 22.3. The second-order valence-corrected chi connectivity index (χ2v) is 9.40. The van der Waals surface area contributed by atoms with Gasteiger partial charge < -0.3 is 5.32 Å². The summed E-state index contributed by atoms with van der Waals surface area (Å²) in [6, 6.07) is 50.3. The molecular formula is C33H25ClN2. The van der Waals surface area contributed by atoms with Crippen molar-refractivity contribution in [3.63, 3.8) is 0 Å². The number of rotatable bonds is 5. The van der Waals surface area contributed by atoms with Crippen LogP contribution in [0.1, 0.15) is 27.8 Å². The van der Waals surface area contributed by atoms with Crippen molar-refractivity contribution in [2.45, 2.75) is 11.1 Å². The predicted molar refractivity (Wildman–Crippen MR) is 148 cm³/mol. The van der Waals surface area contributed by atoms with Crippen molar-refractivity contribution in [3.8, 4) is 0 Å². The number of amidine groups is 1. The molecule has 0 unspecified atom stereocenters. The minimum absolute atomic E-state index is 0.663. The van der Waals surface area contributed by atoms with Gasteiger partial charge >= 0.3 is 0 Å². The van der Waals surface area contributed by atoms with Gasteiger partial charge in [-0.25, -0.2) is 4.99 Å². The van der Waals surface area contributed by atoms with Crippen LogP contribution < -0.4 is 5.32 Å². The fourth-order valence-electron chi connectivity index (χ4n) is 5.52. The van der Waals surface area contributed by atoms with Crippen molar-refractivity contribution in [3.05, 3.63) is 178 Å². The van der Waals surface area contributed by atoms with Gasteiger partial charge in [0.2, 0.25) is 0 Å². The molecule has 1 aliphatic rings. The van der Waals surface area contributed by atoms with Crippen molar-refractivity contribution < 1.29 is 0 Å². The van der Waals surface area contributed by atoms with E-state index in [1.807, 2.05) is 24.3 Å². The summed E-state index contributed by atoms with van der Waals surface area (Å²) in [7, 11) is 0. The first-order valence-corrected chi connectivity index (χ1v) is 12.5. The molecule has 5 aromatic rings. The van der Waals surface area contributed by atoms with Gasteiger partial charge in [0.1, 0.15) is 16.9 Å². The lowest BCUT2D eigenvalue weighted by atomic mass is 9.63. The second-order valence-electron chi connectivity index (χ2n) is 8.99. The Bertz CT molecular complexity index is 1420. The molecule has 0 radical (unpaired) electrons. The second kappa shape index (κ2) is 9.14. The van der Waals surface area contributed by atoms with Crippen LogP contribution >= 0.6 is 11.6 Å². The monoisotopic (exact) mass is 484 g/mol. The van der Waals surface area contributed by atoms with Crippen molar-refractivity contribution in [2.75, 3.05) is 0 Å². The maximum Gasteiger partial charge on any atom is 0.144 e. The van der Waals surface area contributed by atoms with Gasteiger partial charge in [0.25, 0.3) is 0 Å². The molecule has 6 rings (SSSR count). The molecule has 174 valence electrons. The first-order chi connectivity index (χ1) is 17.8. The van der Waals surface area contributed by atoms with E-state index in [-0.39, 0.29) is 0 Å². The fourth-order valence-corrected chi connectivity index (χ4v) is 5.75. The molecule has 0 saturated carbocycles. The van der Waals surface area contributed by atoms with Crippen molar-refractivity contribution in [2.24, 2.45) is 4.99 Å². The molecule has 36 heavy (non-hydrogen) atoms. The van der Waals surface area contributed by atoms with E-state index in [2.05, 4.69) is 127 Å². The normalized spacial score (nSPS) is 15.6. The van der Waals surface area contributed by atoms with E-state index in [1.165, 1.54) is 0 Å². The van der Waals surface area contributed by atoms with Crippen molar-refractivity contribution in [1.82, 2.24) is 5.32 Å². The zero-order valence-corrected chi connectivity index (χ0v) is 20.4. The van der Waals surface area contributed by atoms with E-state index in [0.717, 1.165) is 33.7 Å². The fraction of sp³-hybridized carbons (Fsp3) is 0.0606. The summed E-state index contributed by atoms with van der Waals surface area (Å²) in [5.41, 5.74) is 3.75. The van der Waals surface area contributed by atoms with E-state index < -0.39 is 11.1 Å². The Morgan fingerprint density at radius 1 is 0.472 bits per heavy atom. The average molecular weight is 485 g/mol. The third kappa shape index (κ3) is 3.37. The molecule has 0 fully saturated rings. The predicted octanol–water partition coefficient (Wildman–Crippen LogP) is 7.58. The Balaban J connectivity index is 1.79. The molecule has 1 N–H and O–H groups in total. The van der Waals surface area contributed by atoms with Crippen LogP contribution in [0.5, 0.6) is 0 Å². The molecule has 0 bridgehead atoms. The van der Waals surface area contributed by atoms with Crippen LogP contribution in [0.3, 0.4) is 0 Å². The summed E-state index contributed by atoms with van der Waals surface area (Å²) < 4.78 is 0. The van der Waals surface area contributed by atoms with E-state index in [9.17, 15) is 0 Å². The van der Waals surface area contributed by atoms with Gasteiger partial charge in [0, 0.05) is 5.56 Å². The van der Waals surface area contributed by atoms with Gasteiger partial charge in [-0.15, -0.1) is 0 Å². The highest BCUT2D eigenvalue weighted by molar-refractivity contribution is 6.34. The van der Waals surface area contributed by atoms with Crippen molar-refractivity contribution >= 4 is 17.4 Å². The minimum atomic E-state index is -0.813. The van der Waals surface area contributed by atoms with Gasteiger partial charge in [-0.3, -0.25) is 0 Å². The Labute approximate surface area is 216 Å². The van der Waals surface area contributed by atoms with E-state index in [0.29, 0.717) is 5.02 Å². The molecule has 5 aromatic carbocycles. The highest BCUT2D eigenvalue weighted by atomic mass is 35.5. The van der Waals surface area contributed by atoms with E-state index >= 15 is 0 Å². The zero-order chi connectivity index (χ0) is 24.4. The summed E-state index contributed by atoms with van der Waals surface area (Å²) in [6.07, 6.45) is 0. The maximum atomic E-state index is 6.75. The summed E-state index contributed by atoms with van der Waals surface area (Å²) in [4.78, 5) is 5.62. The number of hydrogen-bond acceptors (Lipinski definition) is 2. The van der Waals surface area contributed by atoms with Gasteiger partial charge in [-0.05, 0) is 34.4 Å². The summed E-state index contributed by atoms with van der Waals surface area (Å²) in [6.45, 7) is 0. The number of hydrogen-bond donors (Lipinski definition) is 1. The molecule has 0 saturated heterocycles. The number of halogens is 1. The quantitative estimate of drug-likeness (QED) is 0.273. The number of aliphatic imine (C=N–C) groups is 1. The molecule has 2 nitrogen and oxygen atoms in total. The van der Waals surface area contributed by atoms with Crippen LogP contribution in [0.2, 0.25) is 5.02 Å². The first-order valence-electron chi connectivity index (χ1n) is 12.1. The molecular weight excluding hydrogens is 460 g/mol. The molecule has 0 aliphatic carbocycles. The molecule has 1 aliphatic heterocycles. The molecule has 3 heteroatoms. The topological polar surface area (TPSA) is 24.4 Å². The maximum absolute atomic E-state index is 6.75. The molecule has 0 amide bonds. The van der Waals surface area contributed by atoms with E-state index in [4.69, 9.17) is 16.6 Å². The average Bonchev–Trinajstić information content (AvgIpc) is 3.33. The Kier molecular flexibility index (Phi) is 5.67. The van der Waals surface area contributed by atoms with Crippen LogP contribution in [0.15, 0.2) is 151 Å². The Hall–Kier alpha value is -4.14. The van der Waals surface area contributed by atoms with Crippen LogP contribution in [0.4, 0.5) is 0 Å². The third-order valence-corrected chi connectivity index (χ3v) is 7.38. The van der Waals surface area contributed by atoms with Crippen LogP contribution in [-0.2, 0) is 11.1 Å². The Morgan fingerprint density at radius 3 is 1.31 bits per heavy atom. The van der Waals surface area contributed by atoms with Crippen molar-refractivity contribution in [1.29, 1.82) is 0 Å². The van der Waals surface area contributed by atoms with E-state index in [1.54, 1.807) is 0 Å². The lowest BCUT2D eigenvalue weighted by Gasteiger charge is -2.46. The van der Waals surface area contributed by atoms with Crippen LogP contribution in [-0.4, -0.2) is 5.84 Å². The number of nitrogens with one attached hydrogen (secondary N) is 1. The van der Waals surface area contributed by atoms with Gasteiger partial charge in [-0.1, -0.05) is 145 Å². The Morgan fingerprint density at radius 2 is 0.861 bits per heavy atom. The largest absolute Gasteiger partial charge is 0.353 e. The molecule has 0 spiro atoms. The highest BCUT2D eigenvalue weighted by Gasteiger charge is 2.60. The number of benzene rings is 5. The SMILES string of the molecule is Clc1ccccc1C1=NC(c2ccccc2)(c2ccccc2)C(c2ccccc2)(c2ccccc2)N1. The lowest BCUT2D eigenvalue weighted by molar-refractivity contribution is 0.323. The minimum Gasteiger partial charge on any atom is -0.353 e. The summed E-state index contributed by atoms with van der Waals surface area (Å²) >= 11 is 6.75. The highest BCUT2D eigenvalue weighted by Crippen LogP contribution is 2.55. The zero-order valence-electron chi connectivity index (χ0n) is 19.7. The van der Waals surface area contributed by atoms with Gasteiger partial charge in [-0.2, -0.15) is 0 Å². The molecule has 1 heterocycles. The third-order valence-electron chi connectivity index (χ3n) is 7.05. The van der Waals surface area contributed by atoms with Crippen LogP contribution in [0, 0.1) is 0 Å². The number of nitrogens with zero attached hydrogens (tertiary/aromatic N) is 1. The van der Waals surface area contributed by atoms with Crippen LogP contribution in [0.25, 0.3) is 0 Å². The standard InChI is InChI=1S/C33H25ClN2/c34-30-24-14-13-23-29(30)31-35-32(25-15-5-1-6-16-25,26-17-7-2-8-18-26)33(36-31,27-19-9-3-10-20-27)28-21-11-4-12-22-28/h1-24H,(H,35,36). The molecule has 0 aromatic heterocycles. The summed E-state index contributed by atoms with van der Waals surface area (Å²) in [5, 5.41) is 4.61. The summed E-state index contributed by atoms with van der Waals surface area (Å²) in [5.74, 6) is 0.765. The molecule has 0 atom stereocenters. The van der Waals surface area contributed by atoms with Gasteiger partial charge in [0.15, 0.2) is 0 Å². The smallest absolute Gasteiger partial charge is 0.144 e.